The summed E-state index contributed by atoms with van der Waals surface area (Å²) in [6.45, 7) is 5.74. The molecule has 2 rings (SSSR count). The van der Waals surface area contributed by atoms with E-state index >= 15 is 0 Å². The lowest BCUT2D eigenvalue weighted by atomic mass is 10.2. The lowest BCUT2D eigenvalue weighted by Crippen LogP contribution is -2.22. The number of aromatic nitrogens is 2. The van der Waals surface area contributed by atoms with Gasteiger partial charge in [-0.3, -0.25) is 0 Å². The molecule has 0 aliphatic carbocycles. The number of hydrogen-bond donors (Lipinski definition) is 1. The van der Waals surface area contributed by atoms with Gasteiger partial charge in [0.1, 0.15) is 5.75 Å². The van der Waals surface area contributed by atoms with Crippen molar-refractivity contribution in [1.29, 1.82) is 0 Å². The van der Waals surface area contributed by atoms with Crippen molar-refractivity contribution in [2.45, 2.75) is 13.8 Å². The second-order valence-corrected chi connectivity index (χ2v) is 4.03. The van der Waals surface area contributed by atoms with Crippen molar-refractivity contribution in [3.05, 3.63) is 18.2 Å². The van der Waals surface area contributed by atoms with E-state index < -0.39 is 0 Å². The Morgan fingerprint density at radius 2 is 2.05 bits per heavy atom. The zero-order valence-corrected chi connectivity index (χ0v) is 11.4. The molecule has 2 N–H and O–H groups in total. The second kappa shape index (κ2) is 5.60. The van der Waals surface area contributed by atoms with Crippen LogP contribution in [0.5, 0.6) is 5.75 Å². The molecule has 0 radical (unpaired) electrons. The SMILES string of the molecule is CCN(CC)c1noc(-c2ccc(OC)cc2N)n1. The van der Waals surface area contributed by atoms with Gasteiger partial charge in [0.25, 0.3) is 11.8 Å². The van der Waals surface area contributed by atoms with Gasteiger partial charge >= 0.3 is 0 Å². The van der Waals surface area contributed by atoms with E-state index in [0.29, 0.717) is 28.8 Å². The van der Waals surface area contributed by atoms with Gasteiger partial charge in [-0.1, -0.05) is 0 Å². The van der Waals surface area contributed by atoms with Crippen molar-refractivity contribution in [3.63, 3.8) is 0 Å². The molecule has 0 saturated carbocycles. The number of rotatable bonds is 5. The van der Waals surface area contributed by atoms with Gasteiger partial charge in [0.2, 0.25) is 0 Å². The van der Waals surface area contributed by atoms with Crippen LogP contribution in [0.4, 0.5) is 11.6 Å². The van der Waals surface area contributed by atoms with Crippen LogP contribution in [-0.4, -0.2) is 30.3 Å². The highest BCUT2D eigenvalue weighted by Crippen LogP contribution is 2.29. The number of ether oxygens (including phenoxy) is 1. The number of methoxy groups -OCH3 is 1. The van der Waals surface area contributed by atoms with Crippen LogP contribution >= 0.6 is 0 Å². The van der Waals surface area contributed by atoms with Crippen LogP contribution in [0.2, 0.25) is 0 Å². The first kappa shape index (κ1) is 13.2. The predicted molar refractivity (Wildman–Crippen MR) is 74.3 cm³/mol. The summed E-state index contributed by atoms with van der Waals surface area (Å²) in [6, 6.07) is 5.36. The molecule has 1 aromatic heterocycles. The minimum Gasteiger partial charge on any atom is -0.497 e. The molecular weight excluding hydrogens is 244 g/mol. The Hall–Kier alpha value is -2.24. The zero-order chi connectivity index (χ0) is 13.8. The molecule has 6 heteroatoms. The van der Waals surface area contributed by atoms with E-state index in [-0.39, 0.29) is 0 Å². The van der Waals surface area contributed by atoms with Crippen molar-refractivity contribution in [2.24, 2.45) is 0 Å². The maximum absolute atomic E-state index is 5.96. The third-order valence-corrected chi connectivity index (χ3v) is 2.95. The molecule has 0 fully saturated rings. The highest BCUT2D eigenvalue weighted by molar-refractivity contribution is 5.72. The van der Waals surface area contributed by atoms with Crippen LogP contribution in [-0.2, 0) is 0 Å². The first-order valence-corrected chi connectivity index (χ1v) is 6.22. The fourth-order valence-corrected chi connectivity index (χ4v) is 1.82. The number of nitrogens with two attached hydrogens (primary N) is 1. The Morgan fingerprint density at radius 3 is 2.63 bits per heavy atom. The Bertz CT molecular complexity index is 549. The standard InChI is InChI=1S/C13H18N4O2/c1-4-17(5-2)13-15-12(19-16-13)10-7-6-9(18-3)8-11(10)14/h6-8H,4-5,14H2,1-3H3. The van der Waals surface area contributed by atoms with E-state index in [2.05, 4.69) is 10.1 Å². The number of nitrogens with zero attached hydrogens (tertiary/aromatic N) is 3. The van der Waals surface area contributed by atoms with Gasteiger partial charge in [0.15, 0.2) is 0 Å². The van der Waals surface area contributed by atoms with E-state index in [0.717, 1.165) is 13.1 Å². The molecule has 1 heterocycles. The maximum Gasteiger partial charge on any atom is 0.266 e. The van der Waals surface area contributed by atoms with E-state index in [4.69, 9.17) is 15.0 Å². The van der Waals surface area contributed by atoms with E-state index in [1.807, 2.05) is 30.9 Å². The number of anilines is 2. The van der Waals surface area contributed by atoms with Crippen LogP contribution in [0.25, 0.3) is 11.5 Å². The van der Waals surface area contributed by atoms with Crippen LogP contribution in [0.3, 0.4) is 0 Å². The summed E-state index contributed by atoms with van der Waals surface area (Å²) in [5.41, 5.74) is 7.22. The monoisotopic (exact) mass is 262 g/mol. The van der Waals surface area contributed by atoms with Crippen molar-refractivity contribution < 1.29 is 9.26 Å². The molecule has 0 saturated heterocycles. The van der Waals surface area contributed by atoms with Crippen molar-refractivity contribution in [3.8, 4) is 17.2 Å². The maximum atomic E-state index is 5.96. The fraction of sp³-hybridized carbons (Fsp3) is 0.385. The molecule has 0 unspecified atom stereocenters. The smallest absolute Gasteiger partial charge is 0.266 e. The summed E-state index contributed by atoms with van der Waals surface area (Å²) in [7, 11) is 1.60. The van der Waals surface area contributed by atoms with Gasteiger partial charge < -0.3 is 19.9 Å². The van der Waals surface area contributed by atoms with Gasteiger partial charge in [-0.05, 0) is 31.1 Å². The molecular formula is C13H18N4O2. The highest BCUT2D eigenvalue weighted by Gasteiger charge is 2.15. The Kier molecular flexibility index (Phi) is 3.89. The van der Waals surface area contributed by atoms with Crippen LogP contribution in [0.1, 0.15) is 13.8 Å². The molecule has 0 spiro atoms. The predicted octanol–water partition coefficient (Wildman–Crippen LogP) is 2.17. The summed E-state index contributed by atoms with van der Waals surface area (Å²) in [4.78, 5) is 6.37. The largest absolute Gasteiger partial charge is 0.497 e. The number of hydrogen-bond acceptors (Lipinski definition) is 6. The van der Waals surface area contributed by atoms with Crippen LogP contribution in [0.15, 0.2) is 22.7 Å². The lowest BCUT2D eigenvalue weighted by Gasteiger charge is -2.14. The average Bonchev–Trinajstić information content (AvgIpc) is 2.89. The molecule has 0 bridgehead atoms. The fourth-order valence-electron chi connectivity index (χ4n) is 1.82. The molecule has 19 heavy (non-hydrogen) atoms. The molecule has 0 amide bonds. The minimum absolute atomic E-state index is 0.419. The highest BCUT2D eigenvalue weighted by atomic mass is 16.5. The topological polar surface area (TPSA) is 77.4 Å². The molecule has 0 aliphatic rings. The third kappa shape index (κ3) is 2.62. The molecule has 0 atom stereocenters. The minimum atomic E-state index is 0.419. The first-order chi connectivity index (χ1) is 9.19. The zero-order valence-electron chi connectivity index (χ0n) is 11.4. The van der Waals surface area contributed by atoms with Crippen LogP contribution < -0.4 is 15.4 Å². The average molecular weight is 262 g/mol. The van der Waals surface area contributed by atoms with Gasteiger partial charge in [0, 0.05) is 24.8 Å². The molecule has 2 aromatic rings. The normalized spacial score (nSPS) is 10.5. The van der Waals surface area contributed by atoms with Crippen molar-refractivity contribution in [1.82, 2.24) is 10.1 Å². The quantitative estimate of drug-likeness (QED) is 0.832. The van der Waals surface area contributed by atoms with Crippen LogP contribution in [0, 0.1) is 0 Å². The molecule has 6 nitrogen and oxygen atoms in total. The summed E-state index contributed by atoms with van der Waals surface area (Å²) < 4.78 is 10.4. The third-order valence-electron chi connectivity index (χ3n) is 2.95. The number of nitrogen functional groups attached to an aromatic ring is 1. The van der Waals surface area contributed by atoms with Crippen molar-refractivity contribution in [2.75, 3.05) is 30.8 Å². The Morgan fingerprint density at radius 1 is 1.32 bits per heavy atom. The summed E-state index contributed by atoms with van der Waals surface area (Å²) in [6.07, 6.45) is 0. The second-order valence-electron chi connectivity index (χ2n) is 4.03. The summed E-state index contributed by atoms with van der Waals surface area (Å²) >= 11 is 0. The van der Waals surface area contributed by atoms with Gasteiger partial charge in [-0.2, -0.15) is 4.98 Å². The lowest BCUT2D eigenvalue weighted by molar-refractivity contribution is 0.414. The Labute approximate surface area is 112 Å². The number of benzene rings is 1. The molecule has 0 aliphatic heterocycles. The summed E-state index contributed by atoms with van der Waals surface area (Å²) in [5.74, 6) is 1.70. The molecule has 1 aromatic carbocycles. The van der Waals surface area contributed by atoms with E-state index in [1.54, 1.807) is 13.2 Å². The van der Waals surface area contributed by atoms with Crippen molar-refractivity contribution >= 4 is 11.6 Å². The van der Waals surface area contributed by atoms with Gasteiger partial charge in [0.05, 0.1) is 12.7 Å². The van der Waals surface area contributed by atoms with E-state index in [9.17, 15) is 0 Å². The first-order valence-electron chi connectivity index (χ1n) is 6.22. The Balaban J connectivity index is 2.32. The van der Waals surface area contributed by atoms with Gasteiger partial charge in [-0.15, -0.1) is 0 Å². The molecule has 102 valence electrons. The van der Waals surface area contributed by atoms with E-state index in [1.165, 1.54) is 0 Å². The summed E-state index contributed by atoms with van der Waals surface area (Å²) in [5, 5.41) is 3.97. The van der Waals surface area contributed by atoms with Gasteiger partial charge in [-0.25, -0.2) is 0 Å².